The molecule has 0 aliphatic rings. The van der Waals surface area contributed by atoms with E-state index in [1.54, 1.807) is 0 Å². The predicted octanol–water partition coefficient (Wildman–Crippen LogP) is 14.2. The van der Waals surface area contributed by atoms with Gasteiger partial charge in [0, 0.05) is 6.42 Å². The molecular formula is C49H95NO5. The van der Waals surface area contributed by atoms with Crippen molar-refractivity contribution in [2.24, 2.45) is 0 Å². The molecule has 0 saturated carbocycles. The van der Waals surface area contributed by atoms with E-state index in [0.717, 1.165) is 64.2 Å². The molecule has 326 valence electrons. The van der Waals surface area contributed by atoms with E-state index in [9.17, 15) is 19.8 Å². The second-order valence-corrected chi connectivity index (χ2v) is 16.9. The lowest BCUT2D eigenvalue weighted by Gasteiger charge is -2.24. The molecule has 6 heteroatoms. The first-order valence-corrected chi connectivity index (χ1v) is 24.4. The minimum Gasteiger partial charge on any atom is -0.462 e. The van der Waals surface area contributed by atoms with Crippen molar-refractivity contribution in [1.29, 1.82) is 0 Å². The number of aliphatic hydroxyl groups is 2. The highest BCUT2D eigenvalue weighted by Gasteiger charge is 2.24. The maximum Gasteiger partial charge on any atom is 0.306 e. The Labute approximate surface area is 342 Å². The first-order chi connectivity index (χ1) is 27.0. The van der Waals surface area contributed by atoms with Crippen molar-refractivity contribution >= 4 is 11.9 Å². The standard InChI is InChI=1S/C49H95NO5/c1-4-7-10-13-16-19-21-23-25-26-29-31-34-37-40-45(55-49(54)42-39-36-33-30-27-24-22-20-17-14-11-8-5-2)43-48(53)50-46(44-51)47(52)41-38-35-32-28-18-15-12-9-6-3/h25-26,45-47,51-52H,4-24,27-44H2,1-3H3,(H,50,53)/b26-25+. The molecule has 3 atom stereocenters. The Bertz CT molecular complexity index is 832. The Morgan fingerprint density at radius 1 is 0.509 bits per heavy atom. The molecule has 0 aromatic rings. The van der Waals surface area contributed by atoms with Crippen LogP contribution in [-0.2, 0) is 14.3 Å². The number of hydrogen-bond donors (Lipinski definition) is 3. The summed E-state index contributed by atoms with van der Waals surface area (Å²) in [4.78, 5) is 26.0. The molecule has 0 saturated heterocycles. The van der Waals surface area contributed by atoms with Crippen molar-refractivity contribution in [2.75, 3.05) is 6.61 Å². The number of ether oxygens (including phenoxy) is 1. The van der Waals surface area contributed by atoms with Crippen LogP contribution in [-0.4, -0.2) is 46.9 Å². The molecule has 0 bridgehead atoms. The molecule has 3 N–H and O–H groups in total. The fraction of sp³-hybridized carbons (Fsp3) is 0.918. The first kappa shape index (κ1) is 53.6. The molecule has 55 heavy (non-hydrogen) atoms. The molecule has 0 aliphatic carbocycles. The zero-order valence-corrected chi connectivity index (χ0v) is 37.1. The highest BCUT2D eigenvalue weighted by atomic mass is 16.5. The lowest BCUT2D eigenvalue weighted by molar-refractivity contribution is -0.151. The molecule has 0 aromatic carbocycles. The lowest BCUT2D eigenvalue weighted by Crippen LogP contribution is -2.46. The zero-order chi connectivity index (χ0) is 40.3. The van der Waals surface area contributed by atoms with Crippen LogP contribution in [0.15, 0.2) is 12.2 Å². The lowest BCUT2D eigenvalue weighted by atomic mass is 10.0. The fourth-order valence-corrected chi connectivity index (χ4v) is 7.60. The van der Waals surface area contributed by atoms with E-state index in [1.807, 2.05) is 0 Å². The largest absolute Gasteiger partial charge is 0.462 e. The summed E-state index contributed by atoms with van der Waals surface area (Å²) in [7, 11) is 0. The van der Waals surface area contributed by atoms with Gasteiger partial charge in [-0.05, 0) is 51.4 Å². The molecule has 0 heterocycles. The van der Waals surface area contributed by atoms with E-state index in [-0.39, 0.29) is 24.9 Å². The number of carbonyl (C=O) groups excluding carboxylic acids is 2. The Hall–Kier alpha value is -1.40. The fourth-order valence-electron chi connectivity index (χ4n) is 7.60. The third-order valence-electron chi connectivity index (χ3n) is 11.3. The van der Waals surface area contributed by atoms with E-state index in [2.05, 4.69) is 38.2 Å². The Morgan fingerprint density at radius 2 is 0.873 bits per heavy atom. The van der Waals surface area contributed by atoms with Gasteiger partial charge in [-0.2, -0.15) is 0 Å². The van der Waals surface area contributed by atoms with Gasteiger partial charge in [0.05, 0.1) is 25.2 Å². The number of nitrogens with one attached hydrogen (secondary N) is 1. The molecule has 1 amide bonds. The van der Waals surface area contributed by atoms with E-state index >= 15 is 0 Å². The van der Waals surface area contributed by atoms with Crippen LogP contribution in [0.25, 0.3) is 0 Å². The first-order valence-electron chi connectivity index (χ1n) is 24.4. The molecule has 6 nitrogen and oxygen atoms in total. The van der Waals surface area contributed by atoms with Gasteiger partial charge in [-0.1, -0.05) is 213 Å². The van der Waals surface area contributed by atoms with Crippen molar-refractivity contribution < 1.29 is 24.5 Å². The van der Waals surface area contributed by atoms with E-state index in [0.29, 0.717) is 19.3 Å². The number of rotatable bonds is 44. The van der Waals surface area contributed by atoms with Crippen molar-refractivity contribution in [3.63, 3.8) is 0 Å². The number of esters is 1. The van der Waals surface area contributed by atoms with E-state index < -0.39 is 18.2 Å². The SMILES string of the molecule is CCCCCCCCC/C=C/CCCCCC(CC(=O)NC(CO)C(O)CCCCCCCCCCC)OC(=O)CCCCCCCCCCCCCCC. The van der Waals surface area contributed by atoms with Crippen LogP contribution in [0, 0.1) is 0 Å². The molecule has 0 radical (unpaired) electrons. The van der Waals surface area contributed by atoms with E-state index in [4.69, 9.17) is 4.74 Å². The summed E-state index contributed by atoms with van der Waals surface area (Å²) in [5.41, 5.74) is 0. The van der Waals surface area contributed by atoms with Gasteiger partial charge in [0.15, 0.2) is 0 Å². The highest BCUT2D eigenvalue weighted by Crippen LogP contribution is 2.18. The molecule has 0 fully saturated rings. The number of allylic oxidation sites excluding steroid dienone is 2. The summed E-state index contributed by atoms with van der Waals surface area (Å²) in [6.07, 6.45) is 47.0. The van der Waals surface area contributed by atoms with Gasteiger partial charge in [0.1, 0.15) is 6.10 Å². The third kappa shape index (κ3) is 39.2. The molecular weight excluding hydrogens is 683 g/mol. The zero-order valence-electron chi connectivity index (χ0n) is 37.1. The van der Waals surface area contributed by atoms with Gasteiger partial charge in [-0.25, -0.2) is 0 Å². The third-order valence-corrected chi connectivity index (χ3v) is 11.3. The van der Waals surface area contributed by atoms with E-state index in [1.165, 1.54) is 154 Å². The molecule has 3 unspecified atom stereocenters. The maximum absolute atomic E-state index is 13.1. The van der Waals surface area contributed by atoms with Crippen LogP contribution in [0.5, 0.6) is 0 Å². The van der Waals surface area contributed by atoms with Gasteiger partial charge >= 0.3 is 5.97 Å². The Morgan fingerprint density at radius 3 is 1.31 bits per heavy atom. The summed E-state index contributed by atoms with van der Waals surface area (Å²) in [6.45, 7) is 6.46. The number of amides is 1. The summed E-state index contributed by atoms with van der Waals surface area (Å²) in [5.74, 6) is -0.476. The summed E-state index contributed by atoms with van der Waals surface area (Å²) < 4.78 is 5.91. The number of carbonyl (C=O) groups is 2. The molecule has 0 rings (SSSR count). The summed E-state index contributed by atoms with van der Waals surface area (Å²) >= 11 is 0. The molecule has 0 aliphatic heterocycles. The topological polar surface area (TPSA) is 95.9 Å². The van der Waals surface area contributed by atoms with Crippen molar-refractivity contribution in [2.45, 2.75) is 283 Å². The number of hydrogen-bond acceptors (Lipinski definition) is 5. The predicted molar refractivity (Wildman–Crippen MR) is 237 cm³/mol. The second kappa shape index (κ2) is 43.7. The second-order valence-electron chi connectivity index (χ2n) is 16.9. The monoisotopic (exact) mass is 778 g/mol. The van der Waals surface area contributed by atoms with Gasteiger partial charge < -0.3 is 20.3 Å². The summed E-state index contributed by atoms with van der Waals surface area (Å²) in [5, 5.41) is 23.6. The maximum atomic E-state index is 13.1. The van der Waals surface area contributed by atoms with Gasteiger partial charge in [-0.15, -0.1) is 0 Å². The highest BCUT2D eigenvalue weighted by molar-refractivity contribution is 5.77. The minimum atomic E-state index is -0.783. The van der Waals surface area contributed by atoms with Gasteiger partial charge in [0.25, 0.3) is 0 Å². The number of aliphatic hydroxyl groups excluding tert-OH is 2. The van der Waals surface area contributed by atoms with Crippen LogP contribution in [0.4, 0.5) is 0 Å². The minimum absolute atomic E-state index is 0.0734. The quantitative estimate of drug-likeness (QED) is 0.0325. The molecule has 0 spiro atoms. The van der Waals surface area contributed by atoms with Crippen molar-refractivity contribution in [1.82, 2.24) is 5.32 Å². The average molecular weight is 778 g/mol. The van der Waals surface area contributed by atoms with Gasteiger partial charge in [0.2, 0.25) is 5.91 Å². The van der Waals surface area contributed by atoms with Crippen LogP contribution >= 0.6 is 0 Å². The summed E-state index contributed by atoms with van der Waals surface area (Å²) in [6, 6.07) is -0.698. The average Bonchev–Trinajstić information content (AvgIpc) is 3.18. The Balaban J connectivity index is 4.58. The van der Waals surface area contributed by atoms with Crippen LogP contribution < -0.4 is 5.32 Å². The molecule has 0 aromatic heterocycles. The van der Waals surface area contributed by atoms with Gasteiger partial charge in [-0.3, -0.25) is 9.59 Å². The Kier molecular flexibility index (Phi) is 42.6. The normalized spacial score (nSPS) is 13.3. The van der Waals surface area contributed by atoms with Crippen molar-refractivity contribution in [3.05, 3.63) is 12.2 Å². The van der Waals surface area contributed by atoms with Crippen molar-refractivity contribution in [3.8, 4) is 0 Å². The van der Waals surface area contributed by atoms with Crippen LogP contribution in [0.2, 0.25) is 0 Å². The van der Waals surface area contributed by atoms with Crippen LogP contribution in [0.3, 0.4) is 0 Å². The van der Waals surface area contributed by atoms with Crippen LogP contribution in [0.1, 0.15) is 265 Å². The number of unbranched alkanes of at least 4 members (excludes halogenated alkanes) is 30. The smallest absolute Gasteiger partial charge is 0.306 e.